The largest absolute Gasteiger partial charge is 0.584 e. The second kappa shape index (κ2) is 9.90. The summed E-state index contributed by atoms with van der Waals surface area (Å²) in [4.78, 5) is 10.2. The molecule has 0 fully saturated rings. The van der Waals surface area contributed by atoms with E-state index < -0.39 is 7.82 Å². The van der Waals surface area contributed by atoms with Crippen LogP contribution in [0.4, 0.5) is 0 Å². The lowest BCUT2D eigenvalue weighted by molar-refractivity contribution is 0.289. The van der Waals surface area contributed by atoms with Crippen LogP contribution in [0.1, 0.15) is 22.3 Å². The van der Waals surface area contributed by atoms with Crippen LogP contribution in [-0.2, 0) is 17.4 Å². The van der Waals surface area contributed by atoms with Crippen LogP contribution in [0.3, 0.4) is 0 Å². The summed E-state index contributed by atoms with van der Waals surface area (Å²) in [7, 11) is -1.16. The number of benzene rings is 3. The maximum absolute atomic E-state index is 12.5. The highest BCUT2D eigenvalue weighted by Crippen LogP contribution is 2.46. The Morgan fingerprint density at radius 3 is 1.68 bits per heavy atom. The van der Waals surface area contributed by atoms with Gasteiger partial charge in [-0.3, -0.25) is 4.89 Å². The van der Waals surface area contributed by atoms with Crippen LogP contribution in [0.25, 0.3) is 0 Å². The van der Waals surface area contributed by atoms with Crippen molar-refractivity contribution >= 4 is 7.82 Å². The zero-order valence-corrected chi connectivity index (χ0v) is 19.0. The Kier molecular flexibility index (Phi) is 7.26. The molecule has 0 radical (unpaired) electrons. The van der Waals surface area contributed by atoms with Gasteiger partial charge in [0.15, 0.2) is 0 Å². The van der Waals surface area contributed by atoms with Crippen molar-refractivity contribution in [2.45, 2.75) is 26.7 Å². The molecule has 0 saturated heterocycles. The summed E-state index contributed by atoms with van der Waals surface area (Å²) in [5.74, 6) is 2.03. The third-order valence-corrected chi connectivity index (χ3v) is 5.72. The third-order valence-electron chi connectivity index (χ3n) is 4.87. The number of methoxy groups -OCH3 is 2. The highest BCUT2D eigenvalue weighted by Gasteiger charge is 2.27. The van der Waals surface area contributed by atoms with Crippen molar-refractivity contribution in [2.24, 2.45) is 0 Å². The SMILES string of the molecule is COc1ccc(CCc2cc(C)c(OP(=O)(O)Oc3ccc(OC)cc3)c(C)c2)cc1. The van der Waals surface area contributed by atoms with E-state index >= 15 is 0 Å². The fourth-order valence-electron chi connectivity index (χ4n) is 3.31. The number of aryl methyl sites for hydroxylation is 4. The topological polar surface area (TPSA) is 74.2 Å². The Morgan fingerprint density at radius 2 is 1.16 bits per heavy atom. The molecular weight excluding hydrogens is 415 g/mol. The van der Waals surface area contributed by atoms with Crippen LogP contribution in [0.5, 0.6) is 23.0 Å². The fourth-order valence-corrected chi connectivity index (χ4v) is 4.26. The molecule has 0 aromatic heterocycles. The lowest BCUT2D eigenvalue weighted by Crippen LogP contribution is -2.03. The quantitative estimate of drug-likeness (QED) is 0.431. The van der Waals surface area contributed by atoms with Crippen LogP contribution >= 0.6 is 7.82 Å². The third kappa shape index (κ3) is 6.27. The van der Waals surface area contributed by atoms with E-state index in [1.54, 1.807) is 38.5 Å². The second-order valence-corrected chi connectivity index (χ2v) is 8.54. The van der Waals surface area contributed by atoms with Crippen molar-refractivity contribution in [3.63, 3.8) is 0 Å². The Labute approximate surface area is 183 Å². The summed E-state index contributed by atoms with van der Waals surface area (Å²) < 4.78 is 33.4. The zero-order valence-electron chi connectivity index (χ0n) is 18.1. The predicted octanol–water partition coefficient (Wildman–Crippen LogP) is 5.66. The van der Waals surface area contributed by atoms with Gasteiger partial charge in [-0.05, 0) is 85.3 Å². The van der Waals surface area contributed by atoms with Crippen molar-refractivity contribution in [3.8, 4) is 23.0 Å². The highest BCUT2D eigenvalue weighted by molar-refractivity contribution is 7.48. The summed E-state index contributed by atoms with van der Waals surface area (Å²) in [5.41, 5.74) is 3.89. The van der Waals surface area contributed by atoms with Gasteiger partial charge >= 0.3 is 7.82 Å². The van der Waals surface area contributed by atoms with Gasteiger partial charge in [0, 0.05) is 0 Å². The Balaban J connectivity index is 1.67. The molecule has 0 saturated carbocycles. The average Bonchev–Trinajstić information content (AvgIpc) is 2.75. The van der Waals surface area contributed by atoms with Crippen molar-refractivity contribution in [2.75, 3.05) is 14.2 Å². The molecule has 3 rings (SSSR count). The van der Waals surface area contributed by atoms with Crippen molar-refractivity contribution in [1.82, 2.24) is 0 Å². The standard InChI is InChI=1S/C24H27O6P/c1-17-15-20(6-5-19-7-9-21(27-3)10-8-19)16-18(2)24(17)30-31(25,26)29-23-13-11-22(28-4)12-14-23/h7-16H,5-6H2,1-4H3,(H,25,26). The molecule has 3 aromatic carbocycles. The summed E-state index contributed by atoms with van der Waals surface area (Å²) in [6.07, 6.45) is 1.72. The molecule has 31 heavy (non-hydrogen) atoms. The molecular formula is C24H27O6P. The highest BCUT2D eigenvalue weighted by atomic mass is 31.2. The van der Waals surface area contributed by atoms with Crippen LogP contribution < -0.4 is 18.5 Å². The van der Waals surface area contributed by atoms with E-state index in [-0.39, 0.29) is 5.75 Å². The first kappa shape index (κ1) is 22.7. The van der Waals surface area contributed by atoms with E-state index in [2.05, 4.69) is 12.1 Å². The maximum Gasteiger partial charge on any atom is 0.584 e. The van der Waals surface area contributed by atoms with Gasteiger partial charge in [-0.25, -0.2) is 4.57 Å². The molecule has 0 amide bonds. The molecule has 0 aliphatic carbocycles. The molecule has 1 N–H and O–H groups in total. The first-order chi connectivity index (χ1) is 14.8. The molecule has 0 spiro atoms. The lowest BCUT2D eigenvalue weighted by atomic mass is 10.00. The molecule has 7 heteroatoms. The molecule has 3 aromatic rings. The minimum absolute atomic E-state index is 0.220. The van der Waals surface area contributed by atoms with E-state index in [9.17, 15) is 9.46 Å². The summed E-state index contributed by atoms with van der Waals surface area (Å²) in [6.45, 7) is 3.71. The van der Waals surface area contributed by atoms with Gasteiger partial charge in [-0.2, -0.15) is 0 Å². The number of hydrogen-bond acceptors (Lipinski definition) is 5. The van der Waals surface area contributed by atoms with Gasteiger partial charge in [0.05, 0.1) is 14.2 Å². The Morgan fingerprint density at radius 1 is 0.710 bits per heavy atom. The van der Waals surface area contributed by atoms with Crippen molar-refractivity contribution in [3.05, 3.63) is 82.9 Å². The fraction of sp³-hybridized carbons (Fsp3) is 0.250. The number of phosphoric acid groups is 1. The molecule has 0 bridgehead atoms. The second-order valence-electron chi connectivity index (χ2n) is 7.23. The van der Waals surface area contributed by atoms with Crippen molar-refractivity contribution in [1.29, 1.82) is 0 Å². The van der Waals surface area contributed by atoms with Crippen LogP contribution in [0.2, 0.25) is 0 Å². The monoisotopic (exact) mass is 442 g/mol. The molecule has 0 aliphatic rings. The molecule has 0 aliphatic heterocycles. The number of hydrogen-bond donors (Lipinski definition) is 1. The first-order valence-corrected chi connectivity index (χ1v) is 11.4. The van der Waals surface area contributed by atoms with Gasteiger partial charge in [0.25, 0.3) is 0 Å². The Hall–Kier alpha value is -2.95. The summed E-state index contributed by atoms with van der Waals surface area (Å²) in [5, 5.41) is 0. The molecule has 164 valence electrons. The Bertz CT molecular complexity index is 1040. The molecule has 1 unspecified atom stereocenters. The minimum Gasteiger partial charge on any atom is -0.497 e. The normalized spacial score (nSPS) is 12.7. The van der Waals surface area contributed by atoms with Crippen LogP contribution in [-0.4, -0.2) is 19.1 Å². The summed E-state index contributed by atoms with van der Waals surface area (Å²) >= 11 is 0. The summed E-state index contributed by atoms with van der Waals surface area (Å²) in [6, 6.07) is 18.3. The number of phosphoric ester groups is 1. The lowest BCUT2D eigenvalue weighted by Gasteiger charge is -2.18. The molecule has 6 nitrogen and oxygen atoms in total. The smallest absolute Gasteiger partial charge is 0.497 e. The first-order valence-electron chi connectivity index (χ1n) is 9.89. The average molecular weight is 442 g/mol. The molecule has 0 heterocycles. The van der Waals surface area contributed by atoms with Gasteiger partial charge in [0.1, 0.15) is 23.0 Å². The minimum atomic E-state index is -4.35. The van der Waals surface area contributed by atoms with Gasteiger partial charge < -0.3 is 18.5 Å². The van der Waals surface area contributed by atoms with E-state index in [4.69, 9.17) is 18.5 Å². The van der Waals surface area contributed by atoms with Gasteiger partial charge in [0.2, 0.25) is 0 Å². The van der Waals surface area contributed by atoms with Gasteiger partial charge in [-0.1, -0.05) is 24.3 Å². The van der Waals surface area contributed by atoms with E-state index in [1.807, 2.05) is 38.1 Å². The van der Waals surface area contributed by atoms with Crippen LogP contribution in [0.15, 0.2) is 60.7 Å². The van der Waals surface area contributed by atoms with E-state index in [1.165, 1.54) is 5.56 Å². The zero-order chi connectivity index (χ0) is 22.4. The van der Waals surface area contributed by atoms with E-state index in [0.717, 1.165) is 35.3 Å². The van der Waals surface area contributed by atoms with Crippen LogP contribution in [0, 0.1) is 13.8 Å². The maximum atomic E-state index is 12.5. The number of rotatable bonds is 9. The van der Waals surface area contributed by atoms with Gasteiger partial charge in [-0.15, -0.1) is 0 Å². The van der Waals surface area contributed by atoms with Crippen molar-refractivity contribution < 1.29 is 28.0 Å². The predicted molar refractivity (Wildman–Crippen MR) is 120 cm³/mol. The van der Waals surface area contributed by atoms with E-state index in [0.29, 0.717) is 11.5 Å². The number of ether oxygens (including phenoxy) is 2. The molecule has 1 atom stereocenters.